The van der Waals surface area contributed by atoms with Crippen molar-refractivity contribution in [2.24, 2.45) is 17.6 Å². The van der Waals surface area contributed by atoms with Crippen LogP contribution in [-0.4, -0.2) is 16.1 Å². The van der Waals surface area contributed by atoms with E-state index in [2.05, 4.69) is 0 Å². The van der Waals surface area contributed by atoms with Gasteiger partial charge in [-0.3, -0.25) is 9.36 Å². The second-order valence-electron chi connectivity index (χ2n) is 7.66. The fourth-order valence-electron chi connectivity index (χ4n) is 4.25. The van der Waals surface area contributed by atoms with Crippen molar-refractivity contribution in [2.75, 3.05) is 6.54 Å². The molecule has 28 heavy (non-hydrogen) atoms. The molecule has 3 aromatic rings. The van der Waals surface area contributed by atoms with E-state index < -0.39 is 0 Å². The molecule has 2 aromatic carbocycles. The Morgan fingerprint density at radius 3 is 2.64 bits per heavy atom. The summed E-state index contributed by atoms with van der Waals surface area (Å²) in [5, 5.41) is 1.70. The van der Waals surface area contributed by atoms with Crippen LogP contribution < -0.4 is 11.3 Å². The average molecular weight is 416 g/mol. The molecule has 1 heterocycles. The van der Waals surface area contributed by atoms with Crippen LogP contribution in [0, 0.1) is 11.8 Å². The first-order valence-corrected chi connectivity index (χ1v) is 10.5. The van der Waals surface area contributed by atoms with E-state index >= 15 is 0 Å². The minimum Gasteiger partial charge on any atom is -0.330 e. The van der Waals surface area contributed by atoms with Gasteiger partial charge in [-0.15, -0.1) is 0 Å². The van der Waals surface area contributed by atoms with E-state index in [4.69, 9.17) is 33.9 Å². The first-order chi connectivity index (χ1) is 13.5. The van der Waals surface area contributed by atoms with Gasteiger partial charge in [-0.2, -0.15) is 0 Å². The molecule has 1 aliphatic rings. The molecule has 2 atom stereocenters. The van der Waals surface area contributed by atoms with Gasteiger partial charge in [0.25, 0.3) is 5.56 Å². The molecule has 6 heteroatoms. The largest absolute Gasteiger partial charge is 0.330 e. The Morgan fingerprint density at radius 1 is 1.07 bits per heavy atom. The second-order valence-corrected chi connectivity index (χ2v) is 8.53. The third-order valence-corrected chi connectivity index (χ3v) is 6.13. The lowest BCUT2D eigenvalue weighted by atomic mass is 9.81. The molecular formula is C22H23Cl2N3O. The van der Waals surface area contributed by atoms with Crippen molar-refractivity contribution < 1.29 is 0 Å². The summed E-state index contributed by atoms with van der Waals surface area (Å²) in [7, 11) is 0. The highest BCUT2D eigenvalue weighted by atomic mass is 35.5. The van der Waals surface area contributed by atoms with E-state index in [0.29, 0.717) is 51.7 Å². The van der Waals surface area contributed by atoms with Crippen LogP contribution in [0.4, 0.5) is 0 Å². The lowest BCUT2D eigenvalue weighted by Crippen LogP contribution is -2.30. The van der Waals surface area contributed by atoms with Crippen LogP contribution >= 0.6 is 23.2 Å². The van der Waals surface area contributed by atoms with Crippen LogP contribution in [0.25, 0.3) is 22.3 Å². The number of fused-ring (bicyclic) bond motifs is 1. The molecule has 1 saturated carbocycles. The van der Waals surface area contributed by atoms with Crippen molar-refractivity contribution in [3.05, 3.63) is 62.9 Å². The number of benzene rings is 2. The van der Waals surface area contributed by atoms with Crippen LogP contribution in [0.5, 0.6) is 0 Å². The van der Waals surface area contributed by atoms with Crippen molar-refractivity contribution in [1.29, 1.82) is 0 Å². The molecule has 0 saturated heterocycles. The second kappa shape index (κ2) is 8.24. The number of rotatable bonds is 4. The lowest BCUT2D eigenvalue weighted by molar-refractivity contribution is 0.246. The topological polar surface area (TPSA) is 60.9 Å². The molecule has 0 amide bonds. The van der Waals surface area contributed by atoms with Crippen LogP contribution in [0.2, 0.25) is 10.0 Å². The van der Waals surface area contributed by atoms with Crippen LogP contribution in [0.15, 0.2) is 47.3 Å². The number of nitrogens with two attached hydrogens (primary N) is 1. The van der Waals surface area contributed by atoms with Crippen LogP contribution in [0.1, 0.15) is 25.7 Å². The highest BCUT2D eigenvalue weighted by Crippen LogP contribution is 2.31. The van der Waals surface area contributed by atoms with Gasteiger partial charge in [0.1, 0.15) is 5.82 Å². The minimum absolute atomic E-state index is 0.0580. The Morgan fingerprint density at radius 2 is 1.86 bits per heavy atom. The highest BCUT2D eigenvalue weighted by Gasteiger charge is 2.23. The number of nitrogens with zero attached hydrogens (tertiary/aromatic N) is 2. The van der Waals surface area contributed by atoms with Crippen molar-refractivity contribution >= 4 is 34.1 Å². The molecule has 4 rings (SSSR count). The number of aromatic nitrogens is 2. The van der Waals surface area contributed by atoms with Gasteiger partial charge >= 0.3 is 0 Å². The molecule has 2 N–H and O–H groups in total. The summed E-state index contributed by atoms with van der Waals surface area (Å²) in [6.07, 6.45) is 4.48. The third-order valence-electron chi connectivity index (χ3n) is 5.66. The quantitative estimate of drug-likeness (QED) is 0.641. The number of hydrogen-bond donors (Lipinski definition) is 1. The van der Waals surface area contributed by atoms with Crippen LogP contribution in [0.3, 0.4) is 0 Å². The predicted octanol–water partition coefficient (Wildman–Crippen LogP) is 5.14. The Kier molecular flexibility index (Phi) is 5.72. The van der Waals surface area contributed by atoms with Gasteiger partial charge in [-0.25, -0.2) is 4.98 Å². The molecule has 0 bridgehead atoms. The van der Waals surface area contributed by atoms with Gasteiger partial charge in [0.05, 0.1) is 10.9 Å². The zero-order valence-electron chi connectivity index (χ0n) is 15.6. The monoisotopic (exact) mass is 415 g/mol. The molecule has 1 aromatic heterocycles. The van der Waals surface area contributed by atoms with Gasteiger partial charge in [-0.1, -0.05) is 41.8 Å². The fraction of sp³-hybridized carbons (Fsp3) is 0.364. The van der Waals surface area contributed by atoms with Gasteiger partial charge in [0.2, 0.25) is 0 Å². The summed E-state index contributed by atoms with van der Waals surface area (Å²) >= 11 is 12.4. The first kappa shape index (κ1) is 19.4. The third kappa shape index (κ3) is 3.95. The Balaban J connectivity index is 1.85. The van der Waals surface area contributed by atoms with Gasteiger partial charge in [0.15, 0.2) is 0 Å². The summed E-state index contributed by atoms with van der Waals surface area (Å²) in [6, 6.07) is 12.7. The summed E-state index contributed by atoms with van der Waals surface area (Å²) < 4.78 is 1.80. The van der Waals surface area contributed by atoms with E-state index in [-0.39, 0.29) is 5.56 Å². The summed E-state index contributed by atoms with van der Waals surface area (Å²) in [4.78, 5) is 18.2. The lowest BCUT2D eigenvalue weighted by Gasteiger charge is -2.29. The predicted molar refractivity (Wildman–Crippen MR) is 116 cm³/mol. The zero-order chi connectivity index (χ0) is 19.7. The molecular weight excluding hydrogens is 393 g/mol. The summed E-state index contributed by atoms with van der Waals surface area (Å²) in [6.45, 7) is 1.34. The number of hydrogen-bond acceptors (Lipinski definition) is 3. The van der Waals surface area contributed by atoms with Gasteiger partial charge in [-0.05, 0) is 68.0 Å². The van der Waals surface area contributed by atoms with Gasteiger partial charge in [0, 0.05) is 22.2 Å². The van der Waals surface area contributed by atoms with E-state index in [0.717, 1.165) is 24.8 Å². The molecule has 146 valence electrons. The first-order valence-electron chi connectivity index (χ1n) is 9.71. The van der Waals surface area contributed by atoms with E-state index in [1.807, 2.05) is 24.3 Å². The summed E-state index contributed by atoms with van der Waals surface area (Å²) in [5.74, 6) is 1.60. The standard InChI is InChI=1S/C22H23Cl2N3O/c23-17-6-2-5-16(10-17)21-26-20-8-7-18(24)11-19(20)22(28)27(21)13-15-4-1-3-14(9-15)12-25/h2,5-8,10-11,14-15H,1,3-4,9,12-13,25H2. The maximum Gasteiger partial charge on any atom is 0.261 e. The smallest absolute Gasteiger partial charge is 0.261 e. The van der Waals surface area contributed by atoms with E-state index in [1.54, 1.807) is 22.8 Å². The molecule has 0 spiro atoms. The average Bonchev–Trinajstić information content (AvgIpc) is 2.70. The molecule has 1 fully saturated rings. The Hall–Kier alpha value is -1.88. The molecule has 2 unspecified atom stereocenters. The Labute approximate surface area is 174 Å². The zero-order valence-corrected chi connectivity index (χ0v) is 17.1. The molecule has 0 aliphatic heterocycles. The van der Waals surface area contributed by atoms with Crippen molar-refractivity contribution in [2.45, 2.75) is 32.2 Å². The number of halogens is 2. The van der Waals surface area contributed by atoms with Crippen molar-refractivity contribution in [3.8, 4) is 11.4 Å². The minimum atomic E-state index is -0.0580. The van der Waals surface area contributed by atoms with Crippen LogP contribution in [-0.2, 0) is 6.54 Å². The summed E-state index contributed by atoms with van der Waals surface area (Å²) in [5.41, 5.74) is 7.33. The highest BCUT2D eigenvalue weighted by molar-refractivity contribution is 6.31. The molecule has 1 aliphatic carbocycles. The van der Waals surface area contributed by atoms with E-state index in [1.165, 1.54) is 6.42 Å². The fourth-order valence-corrected chi connectivity index (χ4v) is 4.61. The van der Waals surface area contributed by atoms with Crippen molar-refractivity contribution in [1.82, 2.24) is 9.55 Å². The molecule has 0 radical (unpaired) electrons. The normalized spacial score (nSPS) is 19.8. The van der Waals surface area contributed by atoms with E-state index in [9.17, 15) is 4.79 Å². The van der Waals surface area contributed by atoms with Gasteiger partial charge < -0.3 is 5.73 Å². The molecule has 4 nitrogen and oxygen atoms in total. The Bertz CT molecular complexity index is 1060. The maximum atomic E-state index is 13.4. The maximum absolute atomic E-state index is 13.4. The SMILES string of the molecule is NCC1CCCC(Cn2c(-c3cccc(Cl)c3)nc3ccc(Cl)cc3c2=O)C1. The van der Waals surface area contributed by atoms with Crippen molar-refractivity contribution in [3.63, 3.8) is 0 Å².